The largest absolute Gasteiger partial charge is 0.481 e. The van der Waals surface area contributed by atoms with E-state index in [1.807, 2.05) is 53.8 Å². The summed E-state index contributed by atoms with van der Waals surface area (Å²) in [6.45, 7) is 2.41. The third kappa shape index (κ3) is 6.32. The summed E-state index contributed by atoms with van der Waals surface area (Å²) >= 11 is 0. The maximum atomic E-state index is 12.9. The molecule has 188 valence electrons. The van der Waals surface area contributed by atoms with Crippen LogP contribution in [0.4, 0.5) is 18.0 Å². The standard InChI is InChI=1S/C25H27F3N2O5/c1-14(2)11-21(22(31)29-12-20(23(32)33)25(26,27)28)30-24(34)35-13-19-17-9-5-3-7-15(17)16-8-4-6-10-18(16)19/h3-10,14,19-21H,11-13H2,1-2H3,(H,29,31)(H,30,34)(H,32,33)/t20?,21-/m1/s1. The first-order valence-corrected chi connectivity index (χ1v) is 11.2. The van der Waals surface area contributed by atoms with Crippen molar-refractivity contribution >= 4 is 18.0 Å². The Balaban J connectivity index is 1.64. The summed E-state index contributed by atoms with van der Waals surface area (Å²) in [6.07, 6.45) is -5.79. The van der Waals surface area contributed by atoms with Crippen molar-refractivity contribution in [3.8, 4) is 11.1 Å². The lowest BCUT2D eigenvalue weighted by molar-refractivity contribution is -0.192. The number of fused-ring (bicyclic) bond motifs is 3. The lowest BCUT2D eigenvalue weighted by atomic mass is 9.98. The summed E-state index contributed by atoms with van der Waals surface area (Å²) < 4.78 is 44.1. The highest BCUT2D eigenvalue weighted by atomic mass is 19.4. The molecule has 0 fully saturated rings. The Hall–Kier alpha value is -3.56. The second-order valence-electron chi connectivity index (χ2n) is 8.83. The number of hydrogen-bond donors (Lipinski definition) is 3. The van der Waals surface area contributed by atoms with Crippen molar-refractivity contribution in [1.29, 1.82) is 0 Å². The van der Waals surface area contributed by atoms with Crippen LogP contribution in [0.1, 0.15) is 37.3 Å². The first kappa shape index (κ1) is 26.1. The fourth-order valence-corrected chi connectivity index (χ4v) is 4.15. The zero-order valence-electron chi connectivity index (χ0n) is 19.3. The molecule has 1 unspecified atom stereocenters. The number of benzene rings is 2. The molecule has 7 nitrogen and oxygen atoms in total. The summed E-state index contributed by atoms with van der Waals surface area (Å²) in [5, 5.41) is 13.2. The van der Waals surface area contributed by atoms with Crippen molar-refractivity contribution in [2.75, 3.05) is 13.2 Å². The highest BCUT2D eigenvalue weighted by molar-refractivity contribution is 5.86. The number of carbonyl (C=O) groups excluding carboxylic acids is 2. The number of hydrogen-bond acceptors (Lipinski definition) is 4. The summed E-state index contributed by atoms with van der Waals surface area (Å²) in [7, 11) is 0. The van der Waals surface area contributed by atoms with E-state index in [4.69, 9.17) is 9.84 Å². The number of carboxylic acid groups (broad SMARTS) is 1. The Morgan fingerprint density at radius 1 is 1.00 bits per heavy atom. The first-order valence-electron chi connectivity index (χ1n) is 11.2. The van der Waals surface area contributed by atoms with Crippen LogP contribution in [-0.4, -0.2) is 48.4 Å². The van der Waals surface area contributed by atoms with Crippen LogP contribution < -0.4 is 10.6 Å². The normalized spacial score (nSPS) is 14.6. The molecular formula is C25H27F3N2O5. The van der Waals surface area contributed by atoms with E-state index in [2.05, 4.69) is 5.32 Å². The van der Waals surface area contributed by atoms with Gasteiger partial charge < -0.3 is 20.5 Å². The van der Waals surface area contributed by atoms with Crippen molar-refractivity contribution in [1.82, 2.24) is 10.6 Å². The number of amides is 2. The second-order valence-corrected chi connectivity index (χ2v) is 8.83. The van der Waals surface area contributed by atoms with Gasteiger partial charge in [-0.1, -0.05) is 62.4 Å². The molecule has 0 saturated carbocycles. The summed E-state index contributed by atoms with van der Waals surface area (Å²) in [4.78, 5) is 36.0. The van der Waals surface area contributed by atoms with Crippen LogP contribution in [0.25, 0.3) is 11.1 Å². The van der Waals surface area contributed by atoms with Gasteiger partial charge >= 0.3 is 18.2 Å². The molecule has 3 N–H and O–H groups in total. The van der Waals surface area contributed by atoms with E-state index < -0.39 is 42.7 Å². The zero-order valence-corrected chi connectivity index (χ0v) is 19.3. The summed E-state index contributed by atoms with van der Waals surface area (Å²) in [5.74, 6) is -6.04. The van der Waals surface area contributed by atoms with Crippen LogP contribution in [0, 0.1) is 11.8 Å². The van der Waals surface area contributed by atoms with Crippen LogP contribution in [0.15, 0.2) is 48.5 Å². The molecule has 0 saturated heterocycles. The molecule has 2 aromatic rings. The Bertz CT molecular complexity index is 1040. The molecule has 2 atom stereocenters. The molecule has 0 radical (unpaired) electrons. The SMILES string of the molecule is CC(C)C[C@@H](NC(=O)OCC1c2ccccc2-c2ccccc21)C(=O)NCC(C(=O)O)C(F)(F)F. The highest BCUT2D eigenvalue weighted by Gasteiger charge is 2.45. The third-order valence-electron chi connectivity index (χ3n) is 5.83. The predicted molar refractivity (Wildman–Crippen MR) is 122 cm³/mol. The molecular weight excluding hydrogens is 465 g/mol. The van der Waals surface area contributed by atoms with Gasteiger partial charge in [-0.15, -0.1) is 0 Å². The number of nitrogens with one attached hydrogen (secondary N) is 2. The second kappa shape index (κ2) is 10.8. The Kier molecular flexibility index (Phi) is 8.03. The van der Waals surface area contributed by atoms with Gasteiger partial charge in [0, 0.05) is 12.5 Å². The van der Waals surface area contributed by atoms with Crippen molar-refractivity contribution < 1.29 is 37.4 Å². The molecule has 0 aromatic heterocycles. The Morgan fingerprint density at radius 2 is 1.54 bits per heavy atom. The van der Waals surface area contributed by atoms with E-state index in [0.29, 0.717) is 0 Å². The van der Waals surface area contributed by atoms with Crippen LogP contribution in [0.2, 0.25) is 0 Å². The third-order valence-corrected chi connectivity index (χ3v) is 5.83. The number of alkyl carbamates (subject to hydrolysis) is 1. The lowest BCUT2D eigenvalue weighted by Crippen LogP contribution is -2.50. The van der Waals surface area contributed by atoms with Crippen molar-refractivity contribution in [3.63, 3.8) is 0 Å². The highest BCUT2D eigenvalue weighted by Crippen LogP contribution is 2.44. The van der Waals surface area contributed by atoms with Crippen molar-refractivity contribution in [2.45, 2.75) is 38.4 Å². The van der Waals surface area contributed by atoms with Crippen molar-refractivity contribution in [2.24, 2.45) is 11.8 Å². The fraction of sp³-hybridized carbons (Fsp3) is 0.400. The molecule has 1 aliphatic rings. The van der Waals surface area contributed by atoms with E-state index >= 15 is 0 Å². The average molecular weight is 492 g/mol. The molecule has 1 aliphatic carbocycles. The van der Waals surface area contributed by atoms with Crippen LogP contribution in [-0.2, 0) is 14.3 Å². The average Bonchev–Trinajstić information content (AvgIpc) is 3.09. The van der Waals surface area contributed by atoms with E-state index in [1.165, 1.54) is 0 Å². The smallest absolute Gasteiger partial charge is 0.407 e. The number of rotatable bonds is 9. The van der Waals surface area contributed by atoms with Gasteiger partial charge in [0.1, 0.15) is 12.6 Å². The summed E-state index contributed by atoms with van der Waals surface area (Å²) in [5.41, 5.74) is 4.10. The Labute approximate surface area is 200 Å². The minimum Gasteiger partial charge on any atom is -0.481 e. The quantitative estimate of drug-likeness (QED) is 0.484. The molecule has 0 spiro atoms. The van der Waals surface area contributed by atoms with Gasteiger partial charge in [-0.3, -0.25) is 9.59 Å². The molecule has 35 heavy (non-hydrogen) atoms. The van der Waals surface area contributed by atoms with Gasteiger partial charge in [-0.2, -0.15) is 13.2 Å². The number of aliphatic carboxylic acids is 1. The predicted octanol–water partition coefficient (Wildman–Crippen LogP) is 4.32. The zero-order chi connectivity index (χ0) is 25.8. The van der Waals surface area contributed by atoms with Gasteiger partial charge in [0.05, 0.1) is 0 Å². The molecule has 2 amide bonds. The number of carboxylic acids is 1. The topological polar surface area (TPSA) is 105 Å². The van der Waals surface area contributed by atoms with Gasteiger partial charge in [-0.05, 0) is 34.6 Å². The molecule has 0 bridgehead atoms. The monoisotopic (exact) mass is 492 g/mol. The fourth-order valence-electron chi connectivity index (χ4n) is 4.15. The van der Waals surface area contributed by atoms with Crippen LogP contribution in [0.3, 0.4) is 0 Å². The van der Waals surface area contributed by atoms with Crippen LogP contribution >= 0.6 is 0 Å². The van der Waals surface area contributed by atoms with Crippen molar-refractivity contribution in [3.05, 3.63) is 59.7 Å². The number of alkyl halides is 3. The number of halogens is 3. The maximum absolute atomic E-state index is 12.9. The van der Waals surface area contributed by atoms with Gasteiger partial charge in [-0.25, -0.2) is 4.79 Å². The Morgan fingerprint density at radius 3 is 2.03 bits per heavy atom. The minimum atomic E-state index is -5.02. The van der Waals surface area contributed by atoms with E-state index in [0.717, 1.165) is 22.3 Å². The molecule has 0 heterocycles. The number of ether oxygens (including phenoxy) is 1. The molecule has 10 heteroatoms. The van der Waals surface area contributed by atoms with Gasteiger partial charge in [0.25, 0.3) is 0 Å². The van der Waals surface area contributed by atoms with Crippen LogP contribution in [0.5, 0.6) is 0 Å². The number of carbonyl (C=O) groups is 3. The van der Waals surface area contributed by atoms with Gasteiger partial charge in [0.15, 0.2) is 5.92 Å². The van der Waals surface area contributed by atoms with E-state index in [1.54, 1.807) is 13.8 Å². The molecule has 2 aromatic carbocycles. The summed E-state index contributed by atoms with van der Waals surface area (Å²) in [6, 6.07) is 14.3. The van der Waals surface area contributed by atoms with E-state index in [9.17, 15) is 27.6 Å². The van der Waals surface area contributed by atoms with E-state index in [-0.39, 0.29) is 24.9 Å². The molecule has 3 rings (SSSR count). The van der Waals surface area contributed by atoms with Gasteiger partial charge in [0.2, 0.25) is 5.91 Å². The maximum Gasteiger partial charge on any atom is 0.407 e. The first-order chi connectivity index (χ1) is 16.5. The lowest BCUT2D eigenvalue weighted by Gasteiger charge is -2.22. The minimum absolute atomic E-state index is 0.00500. The molecule has 0 aliphatic heterocycles.